The molecule has 0 aliphatic heterocycles. The van der Waals surface area contributed by atoms with Gasteiger partial charge in [0.15, 0.2) is 11.0 Å². The Bertz CT molecular complexity index is 560. The predicted octanol–water partition coefficient (Wildman–Crippen LogP) is 3.02. The second-order valence-corrected chi connectivity index (χ2v) is 5.00. The summed E-state index contributed by atoms with van der Waals surface area (Å²) >= 11 is 1.44. The maximum Gasteiger partial charge on any atom is 0.224 e. The van der Waals surface area contributed by atoms with Crippen molar-refractivity contribution in [2.24, 2.45) is 0 Å². The molecule has 0 bridgehead atoms. The van der Waals surface area contributed by atoms with Crippen molar-refractivity contribution in [3.05, 3.63) is 24.3 Å². The molecule has 2 rings (SSSR count). The molecular weight excluding hydrogens is 272 g/mol. The highest BCUT2D eigenvalue weighted by Crippen LogP contribution is 2.21. The summed E-state index contributed by atoms with van der Waals surface area (Å²) in [6.07, 6.45) is 4.09. The Morgan fingerprint density at radius 3 is 2.55 bits per heavy atom. The molecule has 0 radical (unpaired) electrons. The number of ether oxygens (including phenoxy) is 1. The lowest BCUT2D eigenvalue weighted by atomic mass is 10.2. The Balaban J connectivity index is 2.15. The molecule has 1 aromatic carbocycles. The van der Waals surface area contributed by atoms with E-state index in [0.717, 1.165) is 30.8 Å². The topological polar surface area (TPSA) is 73.9 Å². The van der Waals surface area contributed by atoms with Gasteiger partial charge in [0.2, 0.25) is 5.95 Å². The Morgan fingerprint density at radius 1 is 1.15 bits per heavy atom. The molecule has 0 fully saturated rings. The highest BCUT2D eigenvalue weighted by Gasteiger charge is 2.06. The highest BCUT2D eigenvalue weighted by molar-refractivity contribution is 7.98. The first-order chi connectivity index (χ1) is 9.72. The van der Waals surface area contributed by atoms with E-state index in [1.807, 2.05) is 30.5 Å². The second kappa shape index (κ2) is 7.09. The highest BCUT2D eigenvalue weighted by atomic mass is 32.2. The van der Waals surface area contributed by atoms with E-state index in [1.165, 1.54) is 11.8 Å². The summed E-state index contributed by atoms with van der Waals surface area (Å²) in [7, 11) is 0. The molecule has 0 spiro atoms. The molecule has 2 N–H and O–H groups in total. The van der Waals surface area contributed by atoms with Crippen LogP contribution in [0.1, 0.15) is 19.8 Å². The van der Waals surface area contributed by atoms with Crippen molar-refractivity contribution in [3.63, 3.8) is 0 Å². The minimum atomic E-state index is 0.239. The summed E-state index contributed by atoms with van der Waals surface area (Å²) in [6.45, 7) is 2.88. The third kappa shape index (κ3) is 3.84. The third-order valence-corrected chi connectivity index (χ3v) is 3.24. The largest absolute Gasteiger partial charge is 0.494 e. The zero-order chi connectivity index (χ0) is 14.4. The van der Waals surface area contributed by atoms with E-state index in [4.69, 9.17) is 10.5 Å². The van der Waals surface area contributed by atoms with Gasteiger partial charge >= 0.3 is 0 Å². The van der Waals surface area contributed by atoms with Crippen molar-refractivity contribution >= 4 is 17.7 Å². The van der Waals surface area contributed by atoms with Gasteiger partial charge in [-0.2, -0.15) is 9.97 Å². The zero-order valence-electron chi connectivity index (χ0n) is 11.7. The third-order valence-electron chi connectivity index (χ3n) is 2.69. The molecule has 0 aliphatic rings. The summed E-state index contributed by atoms with van der Waals surface area (Å²) in [5.74, 6) is 1.68. The lowest BCUT2D eigenvalue weighted by Crippen LogP contribution is -2.01. The first-order valence-corrected chi connectivity index (χ1v) is 7.74. The van der Waals surface area contributed by atoms with Gasteiger partial charge in [-0.1, -0.05) is 25.1 Å². The first-order valence-electron chi connectivity index (χ1n) is 6.51. The van der Waals surface area contributed by atoms with Crippen molar-refractivity contribution in [1.29, 1.82) is 0 Å². The first kappa shape index (κ1) is 14.6. The molecule has 0 atom stereocenters. The maximum atomic E-state index is 5.68. The molecule has 1 heterocycles. The normalized spacial score (nSPS) is 10.5. The van der Waals surface area contributed by atoms with E-state index in [0.29, 0.717) is 11.0 Å². The number of nitrogens with zero attached hydrogens (tertiary/aromatic N) is 3. The molecule has 0 saturated heterocycles. The van der Waals surface area contributed by atoms with E-state index in [9.17, 15) is 0 Å². The number of thioether (sulfide) groups is 1. The Kier molecular flexibility index (Phi) is 5.17. The van der Waals surface area contributed by atoms with Crippen molar-refractivity contribution in [1.82, 2.24) is 15.0 Å². The van der Waals surface area contributed by atoms with E-state index < -0.39 is 0 Å². The van der Waals surface area contributed by atoms with Gasteiger partial charge in [0.05, 0.1) is 6.61 Å². The van der Waals surface area contributed by atoms with Gasteiger partial charge in [-0.05, 0) is 36.9 Å². The van der Waals surface area contributed by atoms with Gasteiger partial charge in [0, 0.05) is 5.56 Å². The molecule has 0 amide bonds. The molecular formula is C14H18N4OS. The van der Waals surface area contributed by atoms with Crippen LogP contribution < -0.4 is 10.5 Å². The summed E-state index contributed by atoms with van der Waals surface area (Å²) < 4.78 is 5.62. The van der Waals surface area contributed by atoms with Crippen molar-refractivity contribution in [2.75, 3.05) is 18.6 Å². The zero-order valence-corrected chi connectivity index (χ0v) is 12.5. The van der Waals surface area contributed by atoms with E-state index in [2.05, 4.69) is 21.9 Å². The van der Waals surface area contributed by atoms with E-state index in [-0.39, 0.29) is 5.95 Å². The van der Waals surface area contributed by atoms with Gasteiger partial charge < -0.3 is 10.5 Å². The Labute approximate surface area is 123 Å². The van der Waals surface area contributed by atoms with Crippen LogP contribution >= 0.6 is 11.8 Å². The summed E-state index contributed by atoms with van der Waals surface area (Å²) in [4.78, 5) is 12.5. The monoisotopic (exact) mass is 290 g/mol. The summed E-state index contributed by atoms with van der Waals surface area (Å²) in [5.41, 5.74) is 6.58. The van der Waals surface area contributed by atoms with Gasteiger partial charge in [0.25, 0.3) is 0 Å². The van der Waals surface area contributed by atoms with Gasteiger partial charge in [0.1, 0.15) is 5.75 Å². The maximum absolute atomic E-state index is 5.68. The molecule has 0 aliphatic carbocycles. The number of nitrogen functional groups attached to an aromatic ring is 1. The fourth-order valence-electron chi connectivity index (χ4n) is 1.63. The van der Waals surface area contributed by atoms with Crippen molar-refractivity contribution < 1.29 is 4.74 Å². The van der Waals surface area contributed by atoms with Crippen LogP contribution in [0, 0.1) is 0 Å². The van der Waals surface area contributed by atoms with Crippen LogP contribution in [0.2, 0.25) is 0 Å². The van der Waals surface area contributed by atoms with Gasteiger partial charge in [-0.25, -0.2) is 4.98 Å². The fraction of sp³-hybridized carbons (Fsp3) is 0.357. The molecule has 0 unspecified atom stereocenters. The van der Waals surface area contributed by atoms with Crippen LogP contribution in [0.3, 0.4) is 0 Å². The Morgan fingerprint density at radius 2 is 1.90 bits per heavy atom. The quantitative estimate of drug-likeness (QED) is 0.651. The van der Waals surface area contributed by atoms with Crippen LogP contribution in [-0.4, -0.2) is 27.8 Å². The SMILES string of the molecule is CCCCOc1ccc(-c2nc(N)nc(SC)n2)cc1. The lowest BCUT2D eigenvalue weighted by molar-refractivity contribution is 0.309. The molecule has 0 saturated carbocycles. The number of rotatable bonds is 6. The number of nitrogens with two attached hydrogens (primary N) is 1. The molecule has 106 valence electrons. The number of aromatic nitrogens is 3. The van der Waals surface area contributed by atoms with E-state index in [1.54, 1.807) is 0 Å². The van der Waals surface area contributed by atoms with Crippen LogP contribution in [0.5, 0.6) is 5.75 Å². The van der Waals surface area contributed by atoms with Crippen LogP contribution in [0.25, 0.3) is 11.4 Å². The standard InChI is InChI=1S/C14H18N4OS/c1-3-4-9-19-11-7-5-10(6-8-11)12-16-13(15)18-14(17-12)20-2/h5-8H,3-4,9H2,1-2H3,(H2,15,16,17,18). The summed E-state index contributed by atoms with van der Waals surface area (Å²) in [5, 5.41) is 0.621. The number of unbranched alkanes of at least 4 members (excludes halogenated alkanes) is 1. The fourth-order valence-corrected chi connectivity index (χ4v) is 1.99. The number of anilines is 1. The van der Waals surface area contributed by atoms with Crippen molar-refractivity contribution in [3.8, 4) is 17.1 Å². The second-order valence-electron chi connectivity index (χ2n) is 4.23. The minimum Gasteiger partial charge on any atom is -0.494 e. The smallest absolute Gasteiger partial charge is 0.224 e. The van der Waals surface area contributed by atoms with Crippen LogP contribution in [0.4, 0.5) is 5.95 Å². The molecule has 5 nitrogen and oxygen atoms in total. The van der Waals surface area contributed by atoms with Crippen molar-refractivity contribution in [2.45, 2.75) is 24.9 Å². The average Bonchev–Trinajstić information content (AvgIpc) is 2.47. The van der Waals surface area contributed by atoms with E-state index >= 15 is 0 Å². The number of hydrogen-bond acceptors (Lipinski definition) is 6. The van der Waals surface area contributed by atoms with Crippen LogP contribution in [-0.2, 0) is 0 Å². The molecule has 1 aromatic heterocycles. The van der Waals surface area contributed by atoms with Gasteiger partial charge in [-0.15, -0.1) is 0 Å². The van der Waals surface area contributed by atoms with Crippen LogP contribution in [0.15, 0.2) is 29.4 Å². The predicted molar refractivity (Wildman–Crippen MR) is 81.9 cm³/mol. The number of benzene rings is 1. The molecule has 20 heavy (non-hydrogen) atoms. The molecule has 6 heteroatoms. The average molecular weight is 290 g/mol. The number of hydrogen-bond donors (Lipinski definition) is 1. The van der Waals surface area contributed by atoms with Gasteiger partial charge in [-0.3, -0.25) is 0 Å². The molecule has 2 aromatic rings. The minimum absolute atomic E-state index is 0.239. The summed E-state index contributed by atoms with van der Waals surface area (Å²) in [6, 6.07) is 7.70. The lowest BCUT2D eigenvalue weighted by Gasteiger charge is -2.07. The Hall–Kier alpha value is -1.82.